The van der Waals surface area contributed by atoms with Gasteiger partial charge in [0.1, 0.15) is 0 Å². The smallest absolute Gasteiger partial charge is 0.238 e. The largest absolute Gasteiger partial charge is 0.340 e. The first-order chi connectivity index (χ1) is 13.6. The molecule has 8 heteroatoms. The minimum Gasteiger partial charge on any atom is -0.340 e. The molecule has 0 saturated carbocycles. The van der Waals surface area contributed by atoms with Gasteiger partial charge in [0.25, 0.3) is 0 Å². The lowest BCUT2D eigenvalue weighted by molar-refractivity contribution is -0.134. The van der Waals surface area contributed by atoms with Crippen LogP contribution in [0.4, 0.5) is 5.69 Å². The number of nitrogens with one attached hydrogen (secondary N) is 1. The Labute approximate surface area is 173 Å². The summed E-state index contributed by atoms with van der Waals surface area (Å²) in [7, 11) is 0. The van der Waals surface area contributed by atoms with Gasteiger partial charge in [0.05, 0.1) is 21.6 Å². The monoisotopic (exact) mass is 416 g/mol. The topological polar surface area (TPSA) is 65.5 Å². The van der Waals surface area contributed by atoms with E-state index in [0.29, 0.717) is 13.1 Å². The molecular weight excluding hydrogens is 392 g/mol. The number of rotatable bonds is 5. The van der Waals surface area contributed by atoms with Gasteiger partial charge in [0.2, 0.25) is 11.8 Å². The fraction of sp³-hybridized carbons (Fsp3) is 0.450. The van der Waals surface area contributed by atoms with E-state index in [2.05, 4.69) is 27.5 Å². The molecule has 2 aromatic rings. The van der Waals surface area contributed by atoms with Gasteiger partial charge in [-0.15, -0.1) is 23.1 Å². The maximum atomic E-state index is 12.7. The summed E-state index contributed by atoms with van der Waals surface area (Å²) < 4.78 is 0. The van der Waals surface area contributed by atoms with Crippen LogP contribution in [0.5, 0.6) is 0 Å². The van der Waals surface area contributed by atoms with Crippen molar-refractivity contribution in [2.75, 3.05) is 31.5 Å². The average Bonchev–Trinajstić information content (AvgIpc) is 3.16. The first kappa shape index (κ1) is 19.4. The molecule has 3 heterocycles. The van der Waals surface area contributed by atoms with Crippen molar-refractivity contribution >= 4 is 40.6 Å². The van der Waals surface area contributed by atoms with Gasteiger partial charge in [-0.1, -0.05) is 19.1 Å². The number of piperazine rings is 1. The molecule has 0 aliphatic carbocycles. The van der Waals surface area contributed by atoms with Gasteiger partial charge in [-0.25, -0.2) is 4.98 Å². The highest BCUT2D eigenvalue weighted by molar-refractivity contribution is 8.01. The van der Waals surface area contributed by atoms with Gasteiger partial charge in [0.15, 0.2) is 0 Å². The summed E-state index contributed by atoms with van der Waals surface area (Å²) in [6, 6.07) is 7.73. The van der Waals surface area contributed by atoms with Crippen LogP contribution in [0.1, 0.15) is 24.0 Å². The van der Waals surface area contributed by atoms with E-state index in [9.17, 15) is 9.59 Å². The molecule has 28 heavy (non-hydrogen) atoms. The van der Waals surface area contributed by atoms with Crippen molar-refractivity contribution in [2.45, 2.75) is 36.5 Å². The molecule has 1 fully saturated rings. The van der Waals surface area contributed by atoms with Gasteiger partial charge in [-0.3, -0.25) is 14.5 Å². The van der Waals surface area contributed by atoms with Crippen LogP contribution < -0.4 is 5.32 Å². The SMILES string of the molecule is CCc1nc(CN2CCN(C(=O)CC3Sc4ccccc4NC3=O)CC2)cs1. The quantitative estimate of drug-likeness (QED) is 0.812. The van der Waals surface area contributed by atoms with Gasteiger partial charge in [-0.2, -0.15) is 0 Å². The molecule has 0 spiro atoms. The van der Waals surface area contributed by atoms with Crippen LogP contribution >= 0.6 is 23.1 Å². The molecule has 1 aromatic heterocycles. The Morgan fingerprint density at radius 1 is 1.25 bits per heavy atom. The van der Waals surface area contributed by atoms with Crippen molar-refractivity contribution in [3.63, 3.8) is 0 Å². The molecule has 148 valence electrons. The van der Waals surface area contributed by atoms with E-state index < -0.39 is 0 Å². The Kier molecular flexibility index (Phi) is 5.99. The van der Waals surface area contributed by atoms with E-state index in [1.807, 2.05) is 29.2 Å². The van der Waals surface area contributed by atoms with Crippen molar-refractivity contribution < 1.29 is 9.59 Å². The molecular formula is C20H24N4O2S2. The number of hydrogen-bond acceptors (Lipinski definition) is 6. The van der Waals surface area contributed by atoms with E-state index in [4.69, 9.17) is 0 Å². The molecule has 0 radical (unpaired) electrons. The summed E-state index contributed by atoms with van der Waals surface area (Å²) >= 11 is 3.20. The molecule has 1 N–H and O–H groups in total. The number of aromatic nitrogens is 1. The Hall–Kier alpha value is -1.90. The van der Waals surface area contributed by atoms with E-state index in [-0.39, 0.29) is 23.5 Å². The number of carbonyl (C=O) groups is 2. The van der Waals surface area contributed by atoms with Crippen molar-refractivity contribution in [3.8, 4) is 0 Å². The number of nitrogens with zero attached hydrogens (tertiary/aromatic N) is 3. The van der Waals surface area contributed by atoms with Crippen LogP contribution in [-0.4, -0.2) is 58.0 Å². The zero-order valence-corrected chi connectivity index (χ0v) is 17.5. The Bertz CT molecular complexity index is 861. The van der Waals surface area contributed by atoms with Crippen LogP contribution in [0.25, 0.3) is 0 Å². The van der Waals surface area contributed by atoms with Crippen LogP contribution in [0.3, 0.4) is 0 Å². The number of carbonyl (C=O) groups excluding carboxylic acids is 2. The molecule has 1 aromatic carbocycles. The zero-order chi connectivity index (χ0) is 19.5. The number of benzene rings is 1. The third kappa shape index (κ3) is 4.39. The molecule has 4 rings (SSSR count). The van der Waals surface area contributed by atoms with Crippen molar-refractivity contribution in [2.24, 2.45) is 0 Å². The summed E-state index contributed by atoms with van der Waals surface area (Å²) in [5.74, 6) is -0.0143. The van der Waals surface area contributed by atoms with Gasteiger partial charge < -0.3 is 10.2 Å². The zero-order valence-electron chi connectivity index (χ0n) is 15.9. The van der Waals surface area contributed by atoms with E-state index in [1.165, 1.54) is 16.8 Å². The Morgan fingerprint density at radius 3 is 2.79 bits per heavy atom. The number of thioether (sulfide) groups is 1. The number of hydrogen-bond donors (Lipinski definition) is 1. The number of para-hydroxylation sites is 1. The van der Waals surface area contributed by atoms with E-state index in [1.54, 1.807) is 11.3 Å². The van der Waals surface area contributed by atoms with Crippen LogP contribution in [-0.2, 0) is 22.6 Å². The lowest BCUT2D eigenvalue weighted by atomic mass is 10.2. The average molecular weight is 417 g/mol. The van der Waals surface area contributed by atoms with Gasteiger partial charge >= 0.3 is 0 Å². The number of amides is 2. The number of anilines is 1. The highest BCUT2D eigenvalue weighted by Crippen LogP contribution is 2.36. The standard InChI is InChI=1S/C20H24N4O2S2/c1-2-18-21-14(13-27-18)12-23-7-9-24(10-8-23)19(25)11-17-20(26)22-15-5-3-4-6-16(15)28-17/h3-6,13,17H,2,7-12H2,1H3,(H,22,26). The predicted molar refractivity (Wildman–Crippen MR) is 113 cm³/mol. The molecule has 6 nitrogen and oxygen atoms in total. The maximum absolute atomic E-state index is 12.7. The lowest BCUT2D eigenvalue weighted by Gasteiger charge is -2.35. The second kappa shape index (κ2) is 8.63. The Balaban J connectivity index is 1.28. The summed E-state index contributed by atoms with van der Waals surface area (Å²) in [5, 5.41) is 5.86. The molecule has 0 bridgehead atoms. The molecule has 2 aliphatic rings. The summed E-state index contributed by atoms with van der Waals surface area (Å²) in [5.41, 5.74) is 1.96. The van der Waals surface area contributed by atoms with Crippen molar-refractivity contribution in [1.29, 1.82) is 0 Å². The second-order valence-corrected chi connectivity index (χ2v) is 9.23. The summed E-state index contributed by atoms with van der Waals surface area (Å²) in [6.07, 6.45) is 1.22. The lowest BCUT2D eigenvalue weighted by Crippen LogP contribution is -2.49. The second-order valence-electron chi connectivity index (χ2n) is 7.04. The molecule has 1 atom stereocenters. The maximum Gasteiger partial charge on any atom is 0.238 e. The first-order valence-corrected chi connectivity index (χ1v) is 11.4. The van der Waals surface area contributed by atoms with Gasteiger partial charge in [0, 0.05) is 49.4 Å². The van der Waals surface area contributed by atoms with E-state index in [0.717, 1.165) is 42.3 Å². The normalized spacial score (nSPS) is 20.0. The third-order valence-corrected chi connectivity index (χ3v) is 7.40. The first-order valence-electron chi connectivity index (χ1n) is 9.62. The minimum atomic E-state index is -0.358. The summed E-state index contributed by atoms with van der Waals surface area (Å²) in [6.45, 7) is 6.07. The van der Waals surface area contributed by atoms with Crippen LogP contribution in [0.2, 0.25) is 0 Å². The number of thiazole rings is 1. The van der Waals surface area contributed by atoms with Crippen LogP contribution in [0, 0.1) is 0 Å². The highest BCUT2D eigenvalue weighted by atomic mass is 32.2. The van der Waals surface area contributed by atoms with Gasteiger partial charge in [-0.05, 0) is 18.6 Å². The molecule has 1 unspecified atom stereocenters. The van der Waals surface area contributed by atoms with Crippen molar-refractivity contribution in [3.05, 3.63) is 40.3 Å². The number of fused-ring (bicyclic) bond motifs is 1. The van der Waals surface area contributed by atoms with E-state index >= 15 is 0 Å². The fourth-order valence-electron chi connectivity index (χ4n) is 3.48. The Morgan fingerprint density at radius 2 is 2.04 bits per heavy atom. The summed E-state index contributed by atoms with van der Waals surface area (Å²) in [4.78, 5) is 35.0. The molecule has 1 saturated heterocycles. The van der Waals surface area contributed by atoms with Crippen LogP contribution in [0.15, 0.2) is 34.5 Å². The molecule has 2 amide bonds. The number of aryl methyl sites for hydroxylation is 1. The molecule has 2 aliphatic heterocycles. The predicted octanol–water partition coefficient (Wildman–Crippen LogP) is 2.85. The minimum absolute atomic E-state index is 0.0635. The fourth-order valence-corrected chi connectivity index (χ4v) is 5.32. The van der Waals surface area contributed by atoms with Crippen molar-refractivity contribution in [1.82, 2.24) is 14.8 Å². The third-order valence-electron chi connectivity index (χ3n) is 5.08. The highest BCUT2D eigenvalue weighted by Gasteiger charge is 2.31.